The Hall–Kier alpha value is -2.86. The zero-order valence-corrected chi connectivity index (χ0v) is 15.0. The topological polar surface area (TPSA) is 68.5 Å². The van der Waals surface area contributed by atoms with Crippen LogP contribution in [0.15, 0.2) is 59.1 Å². The molecule has 0 radical (unpaired) electrons. The van der Waals surface area contributed by atoms with Gasteiger partial charge >= 0.3 is 6.08 Å². The molecule has 0 aliphatic heterocycles. The molecule has 7 heteroatoms. The van der Waals surface area contributed by atoms with Crippen LogP contribution in [-0.2, 0) is 4.79 Å². The highest BCUT2D eigenvalue weighted by Gasteiger charge is 2.17. The minimum atomic E-state index is -0.188. The number of benzene rings is 2. The molecule has 3 aromatic rings. The van der Waals surface area contributed by atoms with Crippen molar-refractivity contribution >= 4 is 23.2 Å². The summed E-state index contributed by atoms with van der Waals surface area (Å²) in [4.78, 5) is 18.3. The molecular weight excluding hydrogens is 354 g/mol. The lowest BCUT2D eigenvalue weighted by atomic mass is 10.2. The van der Waals surface area contributed by atoms with Gasteiger partial charge in [0.2, 0.25) is 5.82 Å². The van der Waals surface area contributed by atoms with E-state index in [1.165, 1.54) is 0 Å². The molecule has 0 unspecified atom stereocenters. The van der Waals surface area contributed by atoms with Gasteiger partial charge in [0.05, 0.1) is 0 Å². The summed E-state index contributed by atoms with van der Waals surface area (Å²) in [5.74, 6) is 0.170. The first-order chi connectivity index (χ1) is 12.7. The summed E-state index contributed by atoms with van der Waals surface area (Å²) in [7, 11) is 0. The summed E-state index contributed by atoms with van der Waals surface area (Å²) in [5, 5.41) is 4.42. The third-order valence-electron chi connectivity index (χ3n) is 3.63. The van der Waals surface area contributed by atoms with E-state index in [0.717, 1.165) is 12.1 Å². The molecule has 6 nitrogen and oxygen atoms in total. The maximum absolute atomic E-state index is 12.5. The Morgan fingerprint density at radius 1 is 1.19 bits per heavy atom. The fourth-order valence-corrected chi connectivity index (χ4v) is 2.63. The summed E-state index contributed by atoms with van der Waals surface area (Å²) in [5.41, 5.74) is 1.53. The number of anilines is 1. The predicted octanol–water partition coefficient (Wildman–Crippen LogP) is 4.21. The van der Waals surface area contributed by atoms with Crippen LogP contribution in [0.25, 0.3) is 11.4 Å². The molecule has 134 valence electrons. The number of amides is 1. The van der Waals surface area contributed by atoms with Gasteiger partial charge in [0.1, 0.15) is 0 Å². The molecule has 0 N–H and O–H groups in total. The Balaban J connectivity index is 1.65. The number of carbonyl (C=O) groups is 1. The molecule has 2 aromatic carbocycles. The number of ether oxygens (including phenoxy) is 1. The van der Waals surface area contributed by atoms with Gasteiger partial charge in [0.15, 0.2) is 6.61 Å². The lowest BCUT2D eigenvalue weighted by molar-refractivity contribution is -0.121. The second kappa shape index (κ2) is 8.49. The monoisotopic (exact) mass is 371 g/mol. The number of aromatic nitrogens is 2. The van der Waals surface area contributed by atoms with Crippen molar-refractivity contribution in [3.05, 3.63) is 59.6 Å². The molecule has 0 aliphatic carbocycles. The van der Waals surface area contributed by atoms with Crippen LogP contribution in [0.4, 0.5) is 5.69 Å². The van der Waals surface area contributed by atoms with Gasteiger partial charge in [0, 0.05) is 22.8 Å². The highest BCUT2D eigenvalue weighted by Crippen LogP contribution is 2.22. The lowest BCUT2D eigenvalue weighted by Crippen LogP contribution is -2.35. The molecule has 0 saturated carbocycles. The number of hydrogen-bond donors (Lipinski definition) is 0. The smallest absolute Gasteiger partial charge is 0.418 e. The van der Waals surface area contributed by atoms with E-state index < -0.39 is 0 Å². The first-order valence-corrected chi connectivity index (χ1v) is 8.63. The van der Waals surface area contributed by atoms with Crippen molar-refractivity contribution in [1.29, 1.82) is 0 Å². The van der Waals surface area contributed by atoms with Gasteiger partial charge in [0.25, 0.3) is 5.91 Å². The van der Waals surface area contributed by atoms with Crippen molar-refractivity contribution in [3.8, 4) is 17.5 Å². The van der Waals surface area contributed by atoms with Crippen molar-refractivity contribution in [2.45, 2.75) is 13.3 Å². The zero-order valence-electron chi connectivity index (χ0n) is 14.3. The number of rotatable bonds is 7. The number of halogens is 1. The Morgan fingerprint density at radius 3 is 2.73 bits per heavy atom. The normalized spacial score (nSPS) is 10.5. The molecule has 0 saturated heterocycles. The van der Waals surface area contributed by atoms with Crippen molar-refractivity contribution in [2.75, 3.05) is 18.1 Å². The van der Waals surface area contributed by atoms with Crippen molar-refractivity contribution in [1.82, 2.24) is 10.1 Å². The van der Waals surface area contributed by atoms with Gasteiger partial charge in [-0.3, -0.25) is 9.32 Å². The molecule has 26 heavy (non-hydrogen) atoms. The Bertz CT molecular complexity index is 867. The quantitative estimate of drug-likeness (QED) is 0.622. The average molecular weight is 372 g/mol. The maximum atomic E-state index is 12.5. The molecule has 0 atom stereocenters. The van der Waals surface area contributed by atoms with Crippen molar-refractivity contribution < 1.29 is 14.1 Å². The van der Waals surface area contributed by atoms with Gasteiger partial charge in [-0.15, -0.1) is 0 Å². The summed E-state index contributed by atoms with van der Waals surface area (Å²) >= 11 is 5.96. The van der Waals surface area contributed by atoms with Crippen LogP contribution in [0.5, 0.6) is 6.08 Å². The minimum absolute atomic E-state index is 0.0576. The molecule has 0 aliphatic rings. The van der Waals surface area contributed by atoms with Gasteiger partial charge < -0.3 is 9.64 Å². The number of para-hydroxylation sites is 1. The molecule has 1 amide bonds. The number of nitrogens with zero attached hydrogens (tertiary/aromatic N) is 3. The highest BCUT2D eigenvalue weighted by molar-refractivity contribution is 6.30. The summed E-state index contributed by atoms with van der Waals surface area (Å²) in [6, 6.07) is 16.5. The summed E-state index contributed by atoms with van der Waals surface area (Å²) in [6.07, 6.45) is 0.776. The van der Waals surface area contributed by atoms with E-state index in [9.17, 15) is 4.79 Å². The standard InChI is InChI=1S/C19H18ClN3O3/c1-2-11-23(16-9-4-3-5-10-16)17(24)13-25-19-21-18(22-26-19)14-7-6-8-15(20)12-14/h3-10,12H,2,11,13H2,1H3. The van der Waals surface area contributed by atoms with Crippen LogP contribution >= 0.6 is 11.6 Å². The molecule has 1 heterocycles. The average Bonchev–Trinajstić information content (AvgIpc) is 3.14. The zero-order chi connectivity index (χ0) is 18.4. The van der Waals surface area contributed by atoms with E-state index in [1.807, 2.05) is 43.3 Å². The largest absolute Gasteiger partial charge is 0.439 e. The van der Waals surface area contributed by atoms with E-state index in [1.54, 1.807) is 23.1 Å². The van der Waals surface area contributed by atoms with Crippen molar-refractivity contribution in [3.63, 3.8) is 0 Å². The molecule has 0 bridgehead atoms. The molecule has 0 fully saturated rings. The van der Waals surface area contributed by atoms with E-state index in [2.05, 4.69) is 10.1 Å². The minimum Gasteiger partial charge on any atom is -0.439 e. The predicted molar refractivity (Wildman–Crippen MR) is 99.3 cm³/mol. The van der Waals surface area contributed by atoms with E-state index >= 15 is 0 Å². The van der Waals surface area contributed by atoms with E-state index in [4.69, 9.17) is 20.9 Å². The maximum Gasteiger partial charge on any atom is 0.418 e. The Kier molecular flexibility index (Phi) is 5.86. The number of hydrogen-bond acceptors (Lipinski definition) is 5. The molecular formula is C19H18ClN3O3. The fourth-order valence-electron chi connectivity index (χ4n) is 2.44. The van der Waals surface area contributed by atoms with E-state index in [-0.39, 0.29) is 18.6 Å². The Labute approximate surface area is 156 Å². The van der Waals surface area contributed by atoms with Crippen LogP contribution in [-0.4, -0.2) is 29.2 Å². The van der Waals surface area contributed by atoms with Crippen LogP contribution in [0.3, 0.4) is 0 Å². The second-order valence-corrected chi connectivity index (χ2v) is 6.00. The van der Waals surface area contributed by atoms with Gasteiger partial charge in [-0.1, -0.05) is 54.0 Å². The molecule has 0 spiro atoms. The molecule has 1 aromatic heterocycles. The number of carbonyl (C=O) groups excluding carboxylic acids is 1. The fraction of sp³-hybridized carbons (Fsp3) is 0.211. The van der Waals surface area contributed by atoms with Crippen LogP contribution in [0.1, 0.15) is 13.3 Å². The van der Waals surface area contributed by atoms with Crippen LogP contribution < -0.4 is 9.64 Å². The van der Waals surface area contributed by atoms with Crippen molar-refractivity contribution in [2.24, 2.45) is 0 Å². The first kappa shape index (κ1) is 17.9. The molecule has 3 rings (SSSR count). The third-order valence-corrected chi connectivity index (χ3v) is 3.86. The first-order valence-electron chi connectivity index (χ1n) is 8.25. The lowest BCUT2D eigenvalue weighted by Gasteiger charge is -2.21. The highest BCUT2D eigenvalue weighted by atomic mass is 35.5. The van der Waals surface area contributed by atoms with Gasteiger partial charge in [-0.05, 0) is 30.7 Å². The third kappa shape index (κ3) is 4.40. The van der Waals surface area contributed by atoms with Crippen LogP contribution in [0.2, 0.25) is 5.02 Å². The Morgan fingerprint density at radius 2 is 2.00 bits per heavy atom. The second-order valence-electron chi connectivity index (χ2n) is 5.56. The van der Waals surface area contributed by atoms with E-state index in [0.29, 0.717) is 23.0 Å². The van der Waals surface area contributed by atoms with Gasteiger partial charge in [-0.2, -0.15) is 4.98 Å². The summed E-state index contributed by atoms with van der Waals surface area (Å²) in [6.45, 7) is 2.43. The SMILES string of the molecule is CCCN(C(=O)COc1nc(-c2cccc(Cl)c2)no1)c1ccccc1. The van der Waals surface area contributed by atoms with Gasteiger partial charge in [-0.25, -0.2) is 0 Å². The van der Waals surface area contributed by atoms with Crippen LogP contribution in [0, 0.1) is 0 Å². The summed E-state index contributed by atoms with van der Waals surface area (Å²) < 4.78 is 10.4.